The molecule has 5 fully saturated rings. The highest BCUT2D eigenvalue weighted by molar-refractivity contribution is 5.84. The van der Waals surface area contributed by atoms with E-state index in [2.05, 4.69) is 96.7 Å². The third-order valence-electron chi connectivity index (χ3n) is 15.7. The number of hydrogen-bond donors (Lipinski definition) is 1. The fraction of sp³-hybridized carbons (Fsp3) is 0.756. The summed E-state index contributed by atoms with van der Waals surface area (Å²) in [5.41, 5.74) is 3.93. The normalized spacial score (nSPS) is 42.5. The van der Waals surface area contributed by atoms with E-state index in [9.17, 15) is 9.59 Å². The van der Waals surface area contributed by atoms with Crippen molar-refractivity contribution in [2.24, 2.45) is 56.7 Å². The van der Waals surface area contributed by atoms with Crippen molar-refractivity contribution in [1.29, 1.82) is 0 Å². The minimum atomic E-state index is -0.300. The average Bonchev–Trinajstić information content (AvgIpc) is 3.39. The van der Waals surface area contributed by atoms with Crippen LogP contribution in [0.15, 0.2) is 36.4 Å². The summed E-state index contributed by atoms with van der Waals surface area (Å²) in [6.45, 7) is 21.6. The molecule has 4 unspecified atom stereocenters. The number of benzene rings is 1. The van der Waals surface area contributed by atoms with E-state index in [0.717, 1.165) is 44.1 Å². The standard InChI is InChI=1S/C41H62N2O3/c1-26(2)30-17-22-41(36(45)42-25-28-11-13-29(14-12-28)43(9)10)24-23-39(7)31(35(30)41)15-16-33-38(6)20-19-34(46-27(3)44)37(4,5)32(38)18-21-40(33,39)8/h11-14,30-35H,1,15-25H2,2-10H3,(H,42,45)/t30-,31?,32?,33?,34-,35?,38-,39+,40+,41-/m0/s1. The van der Waals surface area contributed by atoms with E-state index in [4.69, 9.17) is 4.74 Å². The predicted molar refractivity (Wildman–Crippen MR) is 187 cm³/mol. The van der Waals surface area contributed by atoms with Crippen molar-refractivity contribution in [1.82, 2.24) is 5.32 Å². The van der Waals surface area contributed by atoms with Crippen LogP contribution < -0.4 is 10.2 Å². The number of nitrogens with one attached hydrogen (secondary N) is 1. The molecule has 6 rings (SSSR count). The van der Waals surface area contributed by atoms with Gasteiger partial charge in [-0.2, -0.15) is 0 Å². The molecule has 1 amide bonds. The van der Waals surface area contributed by atoms with Gasteiger partial charge in [0.15, 0.2) is 0 Å². The van der Waals surface area contributed by atoms with Gasteiger partial charge in [0, 0.05) is 38.7 Å². The largest absolute Gasteiger partial charge is 0.462 e. The summed E-state index contributed by atoms with van der Waals surface area (Å²) >= 11 is 0. The highest BCUT2D eigenvalue weighted by Gasteiger charge is 2.72. The van der Waals surface area contributed by atoms with Crippen LogP contribution in [0.5, 0.6) is 0 Å². The van der Waals surface area contributed by atoms with Crippen molar-refractivity contribution in [2.75, 3.05) is 19.0 Å². The van der Waals surface area contributed by atoms with Crippen LogP contribution >= 0.6 is 0 Å². The molecule has 5 aliphatic carbocycles. The van der Waals surface area contributed by atoms with Gasteiger partial charge in [0.25, 0.3) is 0 Å². The maximum Gasteiger partial charge on any atom is 0.302 e. The number of ether oxygens (including phenoxy) is 1. The Balaban J connectivity index is 1.28. The van der Waals surface area contributed by atoms with Gasteiger partial charge in [0.1, 0.15) is 6.10 Å². The Morgan fingerprint density at radius 1 is 0.848 bits per heavy atom. The van der Waals surface area contributed by atoms with E-state index in [1.54, 1.807) is 6.92 Å². The monoisotopic (exact) mass is 630 g/mol. The summed E-state index contributed by atoms with van der Waals surface area (Å²) in [7, 11) is 4.11. The summed E-state index contributed by atoms with van der Waals surface area (Å²) in [6, 6.07) is 8.57. The smallest absolute Gasteiger partial charge is 0.302 e. The molecule has 0 heterocycles. The lowest BCUT2D eigenvalue weighted by Gasteiger charge is -2.72. The Morgan fingerprint density at radius 3 is 2.17 bits per heavy atom. The van der Waals surface area contributed by atoms with Gasteiger partial charge in [0.2, 0.25) is 5.91 Å². The lowest BCUT2D eigenvalue weighted by molar-refractivity contribution is -0.248. The summed E-state index contributed by atoms with van der Waals surface area (Å²) in [4.78, 5) is 28.6. The second-order valence-electron chi connectivity index (χ2n) is 18.0. The van der Waals surface area contributed by atoms with E-state index >= 15 is 0 Å². The topological polar surface area (TPSA) is 58.6 Å². The number of rotatable bonds is 6. The molecular formula is C41H62N2O3. The van der Waals surface area contributed by atoms with E-state index in [1.165, 1.54) is 36.9 Å². The molecule has 1 aromatic rings. The van der Waals surface area contributed by atoms with Gasteiger partial charge in [-0.1, -0.05) is 58.9 Å². The van der Waals surface area contributed by atoms with E-state index in [1.807, 2.05) is 0 Å². The van der Waals surface area contributed by atoms with Crippen molar-refractivity contribution in [3.63, 3.8) is 0 Å². The summed E-state index contributed by atoms with van der Waals surface area (Å²) in [5.74, 6) is 2.64. The molecule has 1 aromatic carbocycles. The first kappa shape index (κ1) is 33.6. The molecule has 10 atom stereocenters. The molecule has 0 spiro atoms. The van der Waals surface area contributed by atoms with Crippen LogP contribution in [-0.2, 0) is 20.9 Å². The molecule has 0 aromatic heterocycles. The Morgan fingerprint density at radius 2 is 1.54 bits per heavy atom. The maximum atomic E-state index is 14.5. The van der Waals surface area contributed by atoms with Crippen LogP contribution in [0.3, 0.4) is 0 Å². The molecule has 0 radical (unpaired) electrons. The second-order valence-corrected chi connectivity index (χ2v) is 18.0. The Kier molecular flexibility index (Phi) is 8.33. The number of carbonyl (C=O) groups is 2. The van der Waals surface area contributed by atoms with Crippen molar-refractivity contribution in [2.45, 2.75) is 125 Å². The third-order valence-corrected chi connectivity index (χ3v) is 15.7. The number of carbonyl (C=O) groups excluding carboxylic acids is 2. The van der Waals surface area contributed by atoms with Crippen LogP contribution in [0.2, 0.25) is 0 Å². The average molecular weight is 631 g/mol. The zero-order valence-corrected chi connectivity index (χ0v) is 30.4. The van der Waals surface area contributed by atoms with E-state index in [-0.39, 0.29) is 45.1 Å². The fourth-order valence-corrected chi connectivity index (χ4v) is 13.2. The molecule has 5 aliphatic rings. The first-order valence-corrected chi connectivity index (χ1v) is 18.4. The van der Waals surface area contributed by atoms with Crippen LogP contribution in [0, 0.1) is 56.7 Å². The number of anilines is 1. The van der Waals surface area contributed by atoms with Gasteiger partial charge in [0.05, 0.1) is 5.41 Å². The van der Waals surface area contributed by atoms with Gasteiger partial charge in [-0.15, -0.1) is 0 Å². The van der Waals surface area contributed by atoms with Crippen LogP contribution in [0.1, 0.15) is 118 Å². The number of hydrogen-bond acceptors (Lipinski definition) is 4. The fourth-order valence-electron chi connectivity index (χ4n) is 13.2. The van der Waals surface area contributed by atoms with E-state index in [0.29, 0.717) is 36.1 Å². The molecule has 5 saturated carbocycles. The lowest BCUT2D eigenvalue weighted by atomic mass is 9.32. The molecule has 46 heavy (non-hydrogen) atoms. The molecule has 5 nitrogen and oxygen atoms in total. The Hall–Kier alpha value is -2.30. The third kappa shape index (κ3) is 4.82. The number of fused-ring (bicyclic) bond motifs is 7. The number of nitrogens with zero attached hydrogens (tertiary/aromatic N) is 1. The molecule has 0 bridgehead atoms. The summed E-state index contributed by atoms with van der Waals surface area (Å²) in [5, 5.41) is 3.46. The van der Waals surface area contributed by atoms with Crippen molar-refractivity contribution in [3.05, 3.63) is 42.0 Å². The molecular weight excluding hydrogens is 568 g/mol. The van der Waals surface area contributed by atoms with Gasteiger partial charge in [-0.25, -0.2) is 0 Å². The molecule has 5 heteroatoms. The number of allylic oxidation sites excluding steroid dienone is 1. The Bertz CT molecular complexity index is 1370. The van der Waals surface area contributed by atoms with E-state index < -0.39 is 0 Å². The quantitative estimate of drug-likeness (QED) is 0.252. The van der Waals surface area contributed by atoms with Crippen molar-refractivity contribution in [3.8, 4) is 0 Å². The van der Waals surface area contributed by atoms with Crippen LogP contribution in [0.25, 0.3) is 0 Å². The Labute approximate surface area is 279 Å². The van der Waals surface area contributed by atoms with Crippen molar-refractivity contribution >= 4 is 17.6 Å². The first-order chi connectivity index (χ1) is 21.5. The highest BCUT2D eigenvalue weighted by atomic mass is 16.5. The number of amides is 1. The predicted octanol–water partition coefficient (Wildman–Crippen LogP) is 8.96. The van der Waals surface area contributed by atoms with Gasteiger partial charge in [-0.05, 0) is 135 Å². The van der Waals surface area contributed by atoms with Gasteiger partial charge < -0.3 is 15.0 Å². The zero-order chi connectivity index (χ0) is 33.4. The van der Waals surface area contributed by atoms with Gasteiger partial charge in [-0.3, -0.25) is 9.59 Å². The van der Waals surface area contributed by atoms with Crippen molar-refractivity contribution < 1.29 is 14.3 Å². The second kappa shape index (κ2) is 11.4. The SMILES string of the molecule is C=C(C)[C@@H]1CC[C@]2(C(=O)NCc3ccc(N(C)C)cc3)CC[C@]3(C)C(CCC4[C@@]5(C)CC[C@H](OC(C)=O)C(C)(C)C5CC[C@]43C)C12. The maximum absolute atomic E-state index is 14.5. The minimum Gasteiger partial charge on any atom is -0.462 e. The highest BCUT2D eigenvalue weighted by Crippen LogP contribution is 2.77. The molecule has 254 valence electrons. The lowest BCUT2D eigenvalue weighted by Crippen LogP contribution is -2.67. The van der Waals surface area contributed by atoms with Gasteiger partial charge >= 0.3 is 5.97 Å². The number of esters is 1. The summed E-state index contributed by atoms with van der Waals surface area (Å²) < 4.78 is 5.96. The molecule has 1 N–H and O–H groups in total. The minimum absolute atomic E-state index is 0.00824. The molecule has 0 aliphatic heterocycles. The first-order valence-electron chi connectivity index (χ1n) is 18.4. The van der Waals surface area contributed by atoms with Crippen LogP contribution in [0.4, 0.5) is 5.69 Å². The summed E-state index contributed by atoms with van der Waals surface area (Å²) in [6.07, 6.45) is 11.2. The van der Waals surface area contributed by atoms with Crippen LogP contribution in [-0.4, -0.2) is 32.1 Å². The zero-order valence-electron chi connectivity index (χ0n) is 30.4. The molecule has 0 saturated heterocycles.